The van der Waals surface area contributed by atoms with Crippen molar-refractivity contribution in [2.75, 3.05) is 6.54 Å². The van der Waals surface area contributed by atoms with Crippen molar-refractivity contribution in [1.82, 2.24) is 15.5 Å². The largest absolute Gasteiger partial charge is 0.481 e. The topological polar surface area (TPSA) is 95.1 Å². The third-order valence-corrected chi connectivity index (χ3v) is 3.45. The number of carboxylic acids is 1. The second-order valence-electron chi connectivity index (χ2n) is 4.70. The summed E-state index contributed by atoms with van der Waals surface area (Å²) in [7, 11) is 0. The molecule has 1 saturated carbocycles. The molecule has 1 aromatic rings. The second kappa shape index (κ2) is 5.66. The van der Waals surface area contributed by atoms with Crippen molar-refractivity contribution in [3.05, 3.63) is 18.0 Å². The molecule has 0 aromatic carbocycles. The summed E-state index contributed by atoms with van der Waals surface area (Å²) in [5.74, 6) is -1.10. The third-order valence-electron chi connectivity index (χ3n) is 3.45. The highest BCUT2D eigenvalue weighted by molar-refractivity contribution is 5.78. The fraction of sp³-hybridized carbons (Fsp3) is 0.583. The van der Waals surface area contributed by atoms with Gasteiger partial charge in [0.25, 0.3) is 0 Å². The van der Waals surface area contributed by atoms with E-state index in [1.807, 2.05) is 0 Å². The smallest absolute Gasteiger partial charge is 0.306 e. The molecule has 0 spiro atoms. The molecule has 2 atom stereocenters. The van der Waals surface area contributed by atoms with Crippen molar-refractivity contribution in [1.29, 1.82) is 0 Å². The van der Waals surface area contributed by atoms with Gasteiger partial charge in [-0.25, -0.2) is 0 Å². The fourth-order valence-electron chi connectivity index (χ4n) is 2.47. The normalized spacial score (nSPS) is 22.9. The van der Waals surface area contributed by atoms with E-state index in [0.29, 0.717) is 6.54 Å². The van der Waals surface area contributed by atoms with Gasteiger partial charge in [0.05, 0.1) is 12.3 Å². The first-order valence-electron chi connectivity index (χ1n) is 6.14. The van der Waals surface area contributed by atoms with E-state index < -0.39 is 5.97 Å². The molecular weight excluding hydrogens is 234 g/mol. The van der Waals surface area contributed by atoms with Gasteiger partial charge >= 0.3 is 5.97 Å². The first-order valence-corrected chi connectivity index (χ1v) is 6.14. The second-order valence-corrected chi connectivity index (χ2v) is 4.70. The number of carbonyl (C=O) groups is 2. The van der Waals surface area contributed by atoms with Crippen LogP contribution in [-0.4, -0.2) is 33.7 Å². The summed E-state index contributed by atoms with van der Waals surface area (Å²) in [5.41, 5.74) is 0.758. The number of nitrogens with one attached hydrogen (secondary N) is 2. The Labute approximate surface area is 105 Å². The van der Waals surface area contributed by atoms with Crippen molar-refractivity contribution in [2.45, 2.75) is 25.7 Å². The van der Waals surface area contributed by atoms with Crippen LogP contribution in [-0.2, 0) is 16.0 Å². The molecule has 1 aliphatic carbocycles. The molecule has 2 unspecified atom stereocenters. The minimum atomic E-state index is -0.750. The van der Waals surface area contributed by atoms with Crippen molar-refractivity contribution in [3.63, 3.8) is 0 Å². The first-order chi connectivity index (χ1) is 8.66. The van der Waals surface area contributed by atoms with Crippen LogP contribution in [0.3, 0.4) is 0 Å². The molecule has 0 bridgehead atoms. The van der Waals surface area contributed by atoms with E-state index in [1.54, 1.807) is 12.3 Å². The molecule has 2 rings (SSSR count). The van der Waals surface area contributed by atoms with Crippen LogP contribution >= 0.6 is 0 Å². The molecule has 1 fully saturated rings. The zero-order valence-corrected chi connectivity index (χ0v) is 10.1. The van der Waals surface area contributed by atoms with Crippen LogP contribution in [0.5, 0.6) is 0 Å². The lowest BCUT2D eigenvalue weighted by atomic mass is 9.96. The van der Waals surface area contributed by atoms with E-state index >= 15 is 0 Å². The van der Waals surface area contributed by atoms with Gasteiger partial charge in [0.1, 0.15) is 0 Å². The summed E-state index contributed by atoms with van der Waals surface area (Å²) in [6, 6.07) is 1.75. The Bertz CT molecular complexity index is 416. The summed E-state index contributed by atoms with van der Waals surface area (Å²) in [5, 5.41) is 18.3. The number of hydrogen-bond acceptors (Lipinski definition) is 3. The number of aliphatic carboxylic acids is 1. The van der Waals surface area contributed by atoms with Crippen LogP contribution in [0.2, 0.25) is 0 Å². The van der Waals surface area contributed by atoms with Gasteiger partial charge in [-0.05, 0) is 24.8 Å². The van der Waals surface area contributed by atoms with E-state index in [-0.39, 0.29) is 24.2 Å². The highest BCUT2D eigenvalue weighted by atomic mass is 16.4. The molecule has 0 saturated heterocycles. The van der Waals surface area contributed by atoms with E-state index in [9.17, 15) is 9.59 Å². The van der Waals surface area contributed by atoms with Crippen LogP contribution in [0, 0.1) is 11.8 Å². The molecule has 18 heavy (non-hydrogen) atoms. The molecule has 1 heterocycles. The zero-order valence-electron chi connectivity index (χ0n) is 10.1. The minimum Gasteiger partial charge on any atom is -0.481 e. The maximum absolute atomic E-state index is 11.6. The Balaban J connectivity index is 1.77. The van der Waals surface area contributed by atoms with E-state index in [2.05, 4.69) is 15.5 Å². The van der Waals surface area contributed by atoms with Crippen LogP contribution in [0.25, 0.3) is 0 Å². The number of H-pyrrole nitrogens is 1. The molecular formula is C12H17N3O3. The average Bonchev–Trinajstić information content (AvgIpc) is 2.96. The van der Waals surface area contributed by atoms with Crippen molar-refractivity contribution < 1.29 is 14.7 Å². The monoisotopic (exact) mass is 251 g/mol. The van der Waals surface area contributed by atoms with Crippen molar-refractivity contribution >= 4 is 11.9 Å². The van der Waals surface area contributed by atoms with Gasteiger partial charge in [-0.1, -0.05) is 6.42 Å². The zero-order chi connectivity index (χ0) is 13.0. The molecule has 98 valence electrons. The van der Waals surface area contributed by atoms with Gasteiger partial charge in [0.15, 0.2) is 0 Å². The van der Waals surface area contributed by atoms with E-state index in [0.717, 1.165) is 25.0 Å². The molecule has 1 amide bonds. The molecule has 6 nitrogen and oxygen atoms in total. The number of aromatic nitrogens is 2. The SMILES string of the molecule is O=C(Cc1ccn[nH]1)NCC1CCCC1C(=O)O. The van der Waals surface area contributed by atoms with Gasteiger partial charge in [-0.3, -0.25) is 14.7 Å². The molecule has 3 N–H and O–H groups in total. The number of carbonyl (C=O) groups excluding carboxylic acids is 1. The average molecular weight is 251 g/mol. The maximum Gasteiger partial charge on any atom is 0.306 e. The standard InChI is InChI=1S/C12H17N3O3/c16-11(6-9-4-5-14-15-9)13-7-8-2-1-3-10(8)12(17)18/h4-5,8,10H,1-3,6-7H2,(H,13,16)(H,14,15)(H,17,18). The highest BCUT2D eigenvalue weighted by Gasteiger charge is 2.32. The number of carboxylic acid groups (broad SMARTS) is 1. The quantitative estimate of drug-likeness (QED) is 0.713. The molecule has 0 aliphatic heterocycles. The first kappa shape index (κ1) is 12.6. The predicted octanol–water partition coefficient (Wildman–Crippen LogP) is 0.569. The number of aromatic amines is 1. The molecule has 1 aliphatic rings. The summed E-state index contributed by atoms with van der Waals surface area (Å²) in [6.45, 7) is 0.448. The summed E-state index contributed by atoms with van der Waals surface area (Å²) < 4.78 is 0. The Morgan fingerprint density at radius 1 is 1.50 bits per heavy atom. The number of rotatable bonds is 5. The number of nitrogens with zero attached hydrogens (tertiary/aromatic N) is 1. The Morgan fingerprint density at radius 3 is 3.00 bits per heavy atom. The van der Waals surface area contributed by atoms with Gasteiger partial charge < -0.3 is 10.4 Å². The molecule has 6 heteroatoms. The molecule has 0 radical (unpaired) electrons. The number of hydrogen-bond donors (Lipinski definition) is 3. The van der Waals surface area contributed by atoms with Gasteiger partial charge in [-0.15, -0.1) is 0 Å². The Hall–Kier alpha value is -1.85. The lowest BCUT2D eigenvalue weighted by Gasteiger charge is -2.16. The maximum atomic E-state index is 11.6. The lowest BCUT2D eigenvalue weighted by Crippen LogP contribution is -2.33. The summed E-state index contributed by atoms with van der Waals surface area (Å²) >= 11 is 0. The van der Waals surface area contributed by atoms with Crippen LogP contribution in [0.1, 0.15) is 25.0 Å². The number of amides is 1. The minimum absolute atomic E-state index is 0.0632. The van der Waals surface area contributed by atoms with Gasteiger partial charge in [-0.2, -0.15) is 5.10 Å². The van der Waals surface area contributed by atoms with Crippen LogP contribution in [0.4, 0.5) is 0 Å². The van der Waals surface area contributed by atoms with Crippen molar-refractivity contribution in [2.24, 2.45) is 11.8 Å². The van der Waals surface area contributed by atoms with Crippen molar-refractivity contribution in [3.8, 4) is 0 Å². The van der Waals surface area contributed by atoms with Crippen LogP contribution < -0.4 is 5.32 Å². The summed E-state index contributed by atoms with van der Waals surface area (Å²) in [4.78, 5) is 22.6. The van der Waals surface area contributed by atoms with E-state index in [4.69, 9.17) is 5.11 Å². The summed E-state index contributed by atoms with van der Waals surface area (Å²) in [6.07, 6.45) is 4.38. The fourth-order valence-corrected chi connectivity index (χ4v) is 2.47. The van der Waals surface area contributed by atoms with Gasteiger partial charge in [0, 0.05) is 18.4 Å². The van der Waals surface area contributed by atoms with Crippen LogP contribution in [0.15, 0.2) is 12.3 Å². The third kappa shape index (κ3) is 3.09. The Kier molecular flexibility index (Phi) is 3.96. The highest BCUT2D eigenvalue weighted by Crippen LogP contribution is 2.31. The van der Waals surface area contributed by atoms with E-state index in [1.165, 1.54) is 0 Å². The predicted molar refractivity (Wildman–Crippen MR) is 63.8 cm³/mol. The molecule has 1 aromatic heterocycles. The lowest BCUT2D eigenvalue weighted by molar-refractivity contribution is -0.143. The Morgan fingerprint density at radius 2 is 2.33 bits per heavy atom. The van der Waals surface area contributed by atoms with Gasteiger partial charge in [0.2, 0.25) is 5.91 Å².